The minimum atomic E-state index is 0.127. The summed E-state index contributed by atoms with van der Waals surface area (Å²) in [4.78, 5) is 18.6. The van der Waals surface area contributed by atoms with Crippen molar-refractivity contribution in [1.82, 2.24) is 9.80 Å². The Morgan fingerprint density at radius 1 is 1.10 bits per heavy atom. The average Bonchev–Trinajstić information content (AvgIpc) is 2.70. The number of benzene rings is 1. The van der Waals surface area contributed by atoms with Crippen LogP contribution >= 0.6 is 0 Å². The van der Waals surface area contributed by atoms with Crippen LogP contribution in [0, 0.1) is 32.6 Å². The van der Waals surface area contributed by atoms with Crippen LogP contribution in [0.15, 0.2) is 12.1 Å². The zero-order chi connectivity index (χ0) is 20.5. The van der Waals surface area contributed by atoms with Gasteiger partial charge in [0.1, 0.15) is 0 Å². The molecule has 4 nitrogen and oxygen atoms in total. The third kappa shape index (κ3) is 4.05. The van der Waals surface area contributed by atoms with E-state index in [-0.39, 0.29) is 6.03 Å². The molecule has 0 aromatic heterocycles. The highest BCUT2D eigenvalue weighted by atomic mass is 16.2. The summed E-state index contributed by atoms with van der Waals surface area (Å²) in [6.07, 6.45) is 8.72. The summed E-state index contributed by atoms with van der Waals surface area (Å²) in [5.74, 6) is 1.30. The SMILES string of the molecule is CCCC[C@@H]1[C@H]2CCCN3CCC[C@@H](CN1C(=O)Nc1c(C)cc(C)cc1C)[C@@H]23. The highest BCUT2D eigenvalue weighted by Gasteiger charge is 2.49. The van der Waals surface area contributed by atoms with Crippen molar-refractivity contribution < 1.29 is 4.79 Å². The zero-order valence-electron chi connectivity index (χ0n) is 18.8. The first-order valence-electron chi connectivity index (χ1n) is 11.9. The summed E-state index contributed by atoms with van der Waals surface area (Å²) < 4.78 is 0. The second kappa shape index (κ2) is 8.67. The summed E-state index contributed by atoms with van der Waals surface area (Å²) in [6, 6.07) is 5.57. The Hall–Kier alpha value is -1.55. The van der Waals surface area contributed by atoms with Gasteiger partial charge in [-0.25, -0.2) is 4.79 Å². The summed E-state index contributed by atoms with van der Waals surface area (Å²) >= 11 is 0. The van der Waals surface area contributed by atoms with Gasteiger partial charge in [-0.2, -0.15) is 0 Å². The third-order valence-corrected chi connectivity index (χ3v) is 7.70. The second-order valence-electron chi connectivity index (χ2n) is 9.80. The molecule has 4 heteroatoms. The molecule has 160 valence electrons. The molecule has 1 aromatic carbocycles. The number of carbonyl (C=O) groups excluding carboxylic acids is 1. The van der Waals surface area contributed by atoms with Crippen molar-refractivity contribution in [2.24, 2.45) is 11.8 Å². The molecule has 0 aliphatic carbocycles. The highest BCUT2D eigenvalue weighted by molar-refractivity contribution is 5.91. The number of hydrogen-bond donors (Lipinski definition) is 1. The van der Waals surface area contributed by atoms with E-state index in [9.17, 15) is 4.79 Å². The molecule has 0 saturated carbocycles. The summed E-state index contributed by atoms with van der Waals surface area (Å²) in [5, 5.41) is 3.32. The molecule has 0 bridgehead atoms. The molecule has 0 radical (unpaired) electrons. The first kappa shape index (κ1) is 20.7. The van der Waals surface area contributed by atoms with E-state index in [0.29, 0.717) is 23.9 Å². The van der Waals surface area contributed by atoms with Crippen molar-refractivity contribution in [3.8, 4) is 0 Å². The van der Waals surface area contributed by atoms with Crippen molar-refractivity contribution in [2.45, 2.75) is 84.7 Å². The van der Waals surface area contributed by atoms with Gasteiger partial charge in [-0.1, -0.05) is 37.5 Å². The molecular weight excluding hydrogens is 358 g/mol. The molecule has 0 spiro atoms. The largest absolute Gasteiger partial charge is 0.322 e. The Kier molecular flexibility index (Phi) is 6.19. The number of nitrogens with one attached hydrogen (secondary N) is 1. The fourth-order valence-electron chi connectivity index (χ4n) is 6.57. The Balaban J connectivity index is 1.59. The zero-order valence-corrected chi connectivity index (χ0v) is 18.8. The highest BCUT2D eigenvalue weighted by Crippen LogP contribution is 2.43. The first-order valence-corrected chi connectivity index (χ1v) is 11.9. The number of nitrogens with zero attached hydrogens (tertiary/aromatic N) is 2. The van der Waals surface area contributed by atoms with E-state index in [1.807, 2.05) is 0 Å². The molecule has 0 unspecified atom stereocenters. The van der Waals surface area contributed by atoms with Gasteiger partial charge in [0.15, 0.2) is 0 Å². The summed E-state index contributed by atoms with van der Waals surface area (Å²) in [7, 11) is 0. The first-order chi connectivity index (χ1) is 14.0. The Morgan fingerprint density at radius 2 is 1.79 bits per heavy atom. The number of rotatable bonds is 4. The van der Waals surface area contributed by atoms with E-state index in [1.165, 1.54) is 57.2 Å². The van der Waals surface area contributed by atoms with Gasteiger partial charge in [0.25, 0.3) is 0 Å². The number of piperidine rings is 3. The molecule has 3 fully saturated rings. The number of hydrogen-bond acceptors (Lipinski definition) is 2. The molecule has 3 aliphatic heterocycles. The average molecular weight is 398 g/mol. The van der Waals surface area contributed by atoms with Crippen molar-refractivity contribution in [2.75, 3.05) is 25.0 Å². The molecule has 1 aromatic rings. The van der Waals surface area contributed by atoms with Crippen LogP contribution in [0.5, 0.6) is 0 Å². The molecule has 29 heavy (non-hydrogen) atoms. The van der Waals surface area contributed by atoms with Gasteiger partial charge in [-0.05, 0) is 88.9 Å². The fraction of sp³-hybridized carbons (Fsp3) is 0.720. The van der Waals surface area contributed by atoms with Gasteiger partial charge in [-0.3, -0.25) is 4.90 Å². The lowest BCUT2D eigenvalue weighted by molar-refractivity contribution is -0.0617. The molecule has 3 aliphatic rings. The van der Waals surface area contributed by atoms with Crippen LogP contribution in [-0.4, -0.2) is 47.5 Å². The lowest BCUT2D eigenvalue weighted by Crippen LogP contribution is -2.66. The summed E-state index contributed by atoms with van der Waals surface area (Å²) in [6.45, 7) is 12.1. The van der Waals surface area contributed by atoms with Crippen molar-refractivity contribution in [1.29, 1.82) is 0 Å². The predicted octanol–water partition coefficient (Wildman–Crippen LogP) is 5.51. The van der Waals surface area contributed by atoms with Gasteiger partial charge >= 0.3 is 6.03 Å². The number of aryl methyl sites for hydroxylation is 3. The Labute approximate surface area is 177 Å². The van der Waals surface area contributed by atoms with Gasteiger partial charge in [0.05, 0.1) is 0 Å². The lowest BCUT2D eigenvalue weighted by Gasteiger charge is -2.57. The number of likely N-dealkylation sites (tertiary alicyclic amines) is 1. The van der Waals surface area contributed by atoms with E-state index in [2.05, 4.69) is 54.9 Å². The van der Waals surface area contributed by atoms with Crippen molar-refractivity contribution in [3.05, 3.63) is 28.8 Å². The van der Waals surface area contributed by atoms with Crippen molar-refractivity contribution in [3.63, 3.8) is 0 Å². The van der Waals surface area contributed by atoms with Gasteiger partial charge < -0.3 is 10.2 Å². The maximum atomic E-state index is 13.6. The maximum Gasteiger partial charge on any atom is 0.322 e. The summed E-state index contributed by atoms with van der Waals surface area (Å²) in [5.41, 5.74) is 4.59. The van der Waals surface area contributed by atoms with E-state index in [1.54, 1.807) is 0 Å². The lowest BCUT2D eigenvalue weighted by atomic mass is 9.69. The Morgan fingerprint density at radius 3 is 2.48 bits per heavy atom. The van der Waals surface area contributed by atoms with E-state index < -0.39 is 0 Å². The monoisotopic (exact) mass is 397 g/mol. The minimum absolute atomic E-state index is 0.127. The maximum absolute atomic E-state index is 13.6. The molecule has 2 amide bonds. The normalized spacial score (nSPS) is 29.4. The van der Waals surface area contributed by atoms with Crippen LogP contribution in [0.1, 0.15) is 68.6 Å². The standard InChI is InChI=1S/C25H39N3O/c1-5-6-11-22-21-10-8-13-27-12-7-9-20(24(21)27)16-28(22)25(29)26-23-18(3)14-17(2)15-19(23)4/h14-15,20-22,24H,5-13,16H2,1-4H3,(H,26,29)/t20-,21+,22+,24-/m0/s1. The quantitative estimate of drug-likeness (QED) is 0.727. The van der Waals surface area contributed by atoms with E-state index >= 15 is 0 Å². The predicted molar refractivity (Wildman–Crippen MR) is 120 cm³/mol. The molecule has 4 atom stereocenters. The number of urea groups is 1. The molecule has 1 N–H and O–H groups in total. The van der Waals surface area contributed by atoms with Crippen LogP contribution < -0.4 is 5.32 Å². The fourth-order valence-corrected chi connectivity index (χ4v) is 6.57. The van der Waals surface area contributed by atoms with Gasteiger partial charge in [0.2, 0.25) is 0 Å². The van der Waals surface area contributed by atoms with Gasteiger partial charge in [-0.15, -0.1) is 0 Å². The molecule has 3 saturated heterocycles. The van der Waals surface area contributed by atoms with Crippen molar-refractivity contribution >= 4 is 11.7 Å². The second-order valence-corrected chi connectivity index (χ2v) is 9.80. The number of carbonyl (C=O) groups is 1. The molecule has 4 rings (SSSR count). The number of unbranched alkanes of at least 4 members (excludes halogenated alkanes) is 1. The number of anilines is 1. The van der Waals surface area contributed by atoms with Crippen LogP contribution in [0.3, 0.4) is 0 Å². The Bertz CT molecular complexity index is 721. The molecular formula is C25H39N3O. The van der Waals surface area contributed by atoms with Crippen LogP contribution in [0.4, 0.5) is 10.5 Å². The van der Waals surface area contributed by atoms with E-state index in [4.69, 9.17) is 0 Å². The van der Waals surface area contributed by atoms with E-state index in [0.717, 1.165) is 29.8 Å². The number of amides is 2. The minimum Gasteiger partial charge on any atom is -0.321 e. The topological polar surface area (TPSA) is 35.6 Å². The van der Waals surface area contributed by atoms with Gasteiger partial charge in [0, 0.05) is 24.3 Å². The third-order valence-electron chi connectivity index (χ3n) is 7.70. The smallest absolute Gasteiger partial charge is 0.321 e. The van der Waals surface area contributed by atoms with Crippen LogP contribution in [0.25, 0.3) is 0 Å². The van der Waals surface area contributed by atoms with Crippen LogP contribution in [0.2, 0.25) is 0 Å². The molecule has 3 heterocycles. The van der Waals surface area contributed by atoms with Crippen LogP contribution in [-0.2, 0) is 0 Å².